The summed E-state index contributed by atoms with van der Waals surface area (Å²) in [7, 11) is 0. The van der Waals surface area contributed by atoms with Crippen molar-refractivity contribution < 1.29 is 14.3 Å². The lowest BCUT2D eigenvalue weighted by Crippen LogP contribution is -2.37. The van der Waals surface area contributed by atoms with Crippen LogP contribution < -0.4 is 19.7 Å². The number of carbonyl (C=O) groups excluding carboxylic acids is 1. The molecule has 7 nitrogen and oxygen atoms in total. The van der Waals surface area contributed by atoms with Gasteiger partial charge in [0.2, 0.25) is 6.79 Å². The van der Waals surface area contributed by atoms with E-state index in [1.807, 2.05) is 18.2 Å². The standard InChI is InChI=1S/C21H20N4O3/c26-21(15-6-7-18-19(10-15)28-13-27-18)22-16-8-9-25(12-16)20-11-17(23-24-20)14-4-2-1-3-5-14/h1-7,10-11,16H,8-9,12-13H2,(H,22,26)(H,23,24). The number of fused-ring (bicyclic) bond motifs is 1. The zero-order valence-electron chi connectivity index (χ0n) is 15.2. The molecule has 0 bridgehead atoms. The fourth-order valence-corrected chi connectivity index (χ4v) is 3.63. The minimum absolute atomic E-state index is 0.0785. The Balaban J connectivity index is 1.23. The highest BCUT2D eigenvalue weighted by molar-refractivity contribution is 5.95. The molecule has 2 aliphatic rings. The van der Waals surface area contributed by atoms with Crippen molar-refractivity contribution in [3.63, 3.8) is 0 Å². The summed E-state index contributed by atoms with van der Waals surface area (Å²) < 4.78 is 10.6. The van der Waals surface area contributed by atoms with Crippen LogP contribution >= 0.6 is 0 Å². The molecule has 7 heteroatoms. The molecule has 1 fully saturated rings. The lowest BCUT2D eigenvalue weighted by molar-refractivity contribution is 0.0940. The van der Waals surface area contributed by atoms with Gasteiger partial charge in [-0.25, -0.2) is 0 Å². The normalized spacial score (nSPS) is 17.7. The molecule has 3 heterocycles. The third kappa shape index (κ3) is 3.15. The van der Waals surface area contributed by atoms with Crippen molar-refractivity contribution in [1.29, 1.82) is 0 Å². The quantitative estimate of drug-likeness (QED) is 0.732. The van der Waals surface area contributed by atoms with Crippen LogP contribution in [0, 0.1) is 0 Å². The first-order valence-electron chi connectivity index (χ1n) is 9.32. The van der Waals surface area contributed by atoms with E-state index in [1.165, 1.54) is 0 Å². The molecule has 1 aromatic heterocycles. The van der Waals surface area contributed by atoms with Crippen molar-refractivity contribution in [2.24, 2.45) is 0 Å². The van der Waals surface area contributed by atoms with Crippen LogP contribution in [0.25, 0.3) is 11.3 Å². The number of ether oxygens (including phenoxy) is 2. The number of H-pyrrole nitrogens is 1. The molecule has 2 aromatic carbocycles. The van der Waals surface area contributed by atoms with Gasteiger partial charge in [0.05, 0.1) is 5.69 Å². The lowest BCUT2D eigenvalue weighted by atomic mass is 10.1. The van der Waals surface area contributed by atoms with Crippen LogP contribution in [-0.2, 0) is 0 Å². The first-order valence-corrected chi connectivity index (χ1v) is 9.32. The van der Waals surface area contributed by atoms with E-state index >= 15 is 0 Å². The van der Waals surface area contributed by atoms with Crippen molar-refractivity contribution in [3.8, 4) is 22.8 Å². The van der Waals surface area contributed by atoms with Gasteiger partial charge in [0.25, 0.3) is 5.91 Å². The van der Waals surface area contributed by atoms with Gasteiger partial charge in [0.15, 0.2) is 17.3 Å². The van der Waals surface area contributed by atoms with Crippen LogP contribution in [0.1, 0.15) is 16.8 Å². The molecule has 0 radical (unpaired) electrons. The number of hydrogen-bond donors (Lipinski definition) is 2. The molecule has 1 atom stereocenters. The molecular weight excluding hydrogens is 356 g/mol. The maximum Gasteiger partial charge on any atom is 0.251 e. The molecular formula is C21H20N4O3. The molecule has 1 unspecified atom stereocenters. The lowest BCUT2D eigenvalue weighted by Gasteiger charge is -2.16. The number of aromatic nitrogens is 2. The molecule has 1 saturated heterocycles. The minimum Gasteiger partial charge on any atom is -0.454 e. The molecule has 2 N–H and O–H groups in total. The second-order valence-electron chi connectivity index (χ2n) is 6.98. The Labute approximate surface area is 162 Å². The van der Waals surface area contributed by atoms with Crippen molar-refractivity contribution >= 4 is 11.7 Å². The summed E-state index contributed by atoms with van der Waals surface area (Å²) in [4.78, 5) is 14.8. The van der Waals surface area contributed by atoms with Gasteiger partial charge in [0.1, 0.15) is 0 Å². The van der Waals surface area contributed by atoms with Crippen molar-refractivity contribution in [2.75, 3.05) is 24.8 Å². The van der Waals surface area contributed by atoms with E-state index < -0.39 is 0 Å². The van der Waals surface area contributed by atoms with E-state index in [-0.39, 0.29) is 18.7 Å². The zero-order valence-corrected chi connectivity index (χ0v) is 15.2. The van der Waals surface area contributed by atoms with Gasteiger partial charge in [-0.1, -0.05) is 30.3 Å². The Bertz CT molecular complexity index is 1000. The van der Waals surface area contributed by atoms with E-state index in [0.29, 0.717) is 17.1 Å². The number of carbonyl (C=O) groups is 1. The number of hydrogen-bond acceptors (Lipinski definition) is 5. The summed E-state index contributed by atoms with van der Waals surface area (Å²) in [5.41, 5.74) is 2.67. The summed E-state index contributed by atoms with van der Waals surface area (Å²) in [6.07, 6.45) is 0.879. The Hall–Kier alpha value is -3.48. The Kier molecular flexibility index (Phi) is 4.12. The largest absolute Gasteiger partial charge is 0.454 e. The van der Waals surface area contributed by atoms with Crippen molar-refractivity contribution in [3.05, 3.63) is 60.2 Å². The van der Waals surface area contributed by atoms with E-state index in [1.54, 1.807) is 18.2 Å². The first-order chi connectivity index (χ1) is 13.8. The fraction of sp³-hybridized carbons (Fsp3) is 0.238. The zero-order chi connectivity index (χ0) is 18.9. The van der Waals surface area contributed by atoms with Crippen molar-refractivity contribution in [2.45, 2.75) is 12.5 Å². The van der Waals surface area contributed by atoms with Crippen LogP contribution in [0.15, 0.2) is 54.6 Å². The van der Waals surface area contributed by atoms with Crippen LogP contribution in [0.3, 0.4) is 0 Å². The number of nitrogens with one attached hydrogen (secondary N) is 2. The highest BCUT2D eigenvalue weighted by Crippen LogP contribution is 2.32. The predicted molar refractivity (Wildman–Crippen MR) is 105 cm³/mol. The number of rotatable bonds is 4. The van der Waals surface area contributed by atoms with Gasteiger partial charge in [0, 0.05) is 30.8 Å². The minimum atomic E-state index is -0.0999. The molecule has 28 heavy (non-hydrogen) atoms. The molecule has 142 valence electrons. The van der Waals surface area contributed by atoms with Crippen LogP contribution in [0.4, 0.5) is 5.82 Å². The summed E-state index contributed by atoms with van der Waals surface area (Å²) in [6.45, 7) is 1.78. The van der Waals surface area contributed by atoms with Gasteiger partial charge in [-0.15, -0.1) is 0 Å². The fourth-order valence-electron chi connectivity index (χ4n) is 3.63. The topological polar surface area (TPSA) is 79.5 Å². The number of aromatic amines is 1. The number of anilines is 1. The van der Waals surface area contributed by atoms with Gasteiger partial charge in [-0.3, -0.25) is 9.89 Å². The molecule has 0 aliphatic carbocycles. The maximum absolute atomic E-state index is 12.6. The summed E-state index contributed by atoms with van der Waals surface area (Å²) in [5.74, 6) is 2.10. The van der Waals surface area contributed by atoms with E-state index in [0.717, 1.165) is 36.6 Å². The maximum atomic E-state index is 12.6. The monoisotopic (exact) mass is 376 g/mol. The Morgan fingerprint density at radius 1 is 1.11 bits per heavy atom. The third-order valence-corrected chi connectivity index (χ3v) is 5.13. The number of benzene rings is 2. The van der Waals surface area contributed by atoms with E-state index in [4.69, 9.17) is 9.47 Å². The smallest absolute Gasteiger partial charge is 0.251 e. The summed E-state index contributed by atoms with van der Waals surface area (Å²) in [5, 5.41) is 10.7. The third-order valence-electron chi connectivity index (χ3n) is 5.13. The van der Waals surface area contributed by atoms with Gasteiger partial charge in [-0.2, -0.15) is 5.10 Å². The first kappa shape index (κ1) is 16.7. The molecule has 1 amide bonds. The van der Waals surface area contributed by atoms with Crippen LogP contribution in [0.5, 0.6) is 11.5 Å². The summed E-state index contributed by atoms with van der Waals surface area (Å²) in [6, 6.07) is 17.5. The van der Waals surface area contributed by atoms with Crippen LogP contribution in [0.2, 0.25) is 0 Å². The molecule has 2 aliphatic heterocycles. The number of nitrogens with zero attached hydrogens (tertiary/aromatic N) is 2. The molecule has 0 spiro atoms. The van der Waals surface area contributed by atoms with E-state index in [2.05, 4.69) is 38.6 Å². The second-order valence-corrected chi connectivity index (χ2v) is 6.98. The van der Waals surface area contributed by atoms with Gasteiger partial charge in [-0.05, 0) is 30.2 Å². The van der Waals surface area contributed by atoms with E-state index in [9.17, 15) is 4.79 Å². The Morgan fingerprint density at radius 3 is 2.86 bits per heavy atom. The molecule has 3 aromatic rings. The Morgan fingerprint density at radius 2 is 1.96 bits per heavy atom. The predicted octanol–water partition coefficient (Wildman–Crippen LogP) is 2.81. The second kappa shape index (κ2) is 6.92. The SMILES string of the molecule is O=C(NC1CCN(c2cc(-c3ccccc3)[nH]n2)C1)c1ccc2c(c1)OCO2. The van der Waals surface area contributed by atoms with Gasteiger partial charge >= 0.3 is 0 Å². The molecule has 5 rings (SSSR count). The average molecular weight is 376 g/mol. The average Bonchev–Trinajstić information content (AvgIpc) is 3.48. The highest BCUT2D eigenvalue weighted by Gasteiger charge is 2.26. The highest BCUT2D eigenvalue weighted by atomic mass is 16.7. The summed E-state index contributed by atoms with van der Waals surface area (Å²) >= 11 is 0. The van der Waals surface area contributed by atoms with Gasteiger partial charge < -0.3 is 19.7 Å². The van der Waals surface area contributed by atoms with Crippen LogP contribution in [-0.4, -0.2) is 42.0 Å². The number of amides is 1. The van der Waals surface area contributed by atoms with Crippen molar-refractivity contribution in [1.82, 2.24) is 15.5 Å². The molecule has 0 saturated carbocycles.